The summed E-state index contributed by atoms with van der Waals surface area (Å²) in [6, 6.07) is 12.1. The minimum absolute atomic E-state index is 0.134. The molecule has 0 aliphatic carbocycles. The van der Waals surface area contributed by atoms with Crippen molar-refractivity contribution < 1.29 is 17.6 Å². The second-order valence-electron chi connectivity index (χ2n) is 6.34. The van der Waals surface area contributed by atoms with Gasteiger partial charge in [0.1, 0.15) is 15.6 Å². The number of sulfonamides is 1. The van der Waals surface area contributed by atoms with Crippen LogP contribution in [0.1, 0.15) is 20.2 Å². The number of nitrogens with zero attached hydrogens (tertiary/aromatic N) is 2. The fourth-order valence-electron chi connectivity index (χ4n) is 2.83. The molecule has 2 heterocycles. The smallest absolute Gasteiger partial charge is 0.267 e. The molecule has 2 aromatic carbocycles. The van der Waals surface area contributed by atoms with E-state index in [0.29, 0.717) is 16.8 Å². The van der Waals surface area contributed by atoms with Gasteiger partial charge in [0.2, 0.25) is 0 Å². The molecule has 4 aromatic rings. The van der Waals surface area contributed by atoms with E-state index in [1.807, 2.05) is 4.72 Å². The zero-order chi connectivity index (χ0) is 21.3. The van der Waals surface area contributed by atoms with Crippen molar-refractivity contribution in [1.29, 1.82) is 0 Å². The Morgan fingerprint density at radius 3 is 2.67 bits per heavy atom. The summed E-state index contributed by atoms with van der Waals surface area (Å²) in [5.41, 5.74) is 1.03. The lowest BCUT2D eigenvalue weighted by molar-refractivity contribution is 0.0985. The molecule has 1 amide bonds. The average Bonchev–Trinajstić information content (AvgIpc) is 3.17. The molecule has 0 aliphatic rings. The molecule has 4 rings (SSSR count). The Hall–Kier alpha value is -2.88. The predicted octanol–water partition coefficient (Wildman–Crippen LogP) is 4.19. The standard InChI is InChI=1S/C20H13ClFN3O3S2/c21-14-9-13-2-1-7-23-19(13)17(10-14)30(27,28)25-20(26)16-11-24-18(29-16)8-12-3-5-15(22)6-4-12/h1-7,9-11H,8H2,(H,25,26). The molecule has 1 N–H and O–H groups in total. The zero-order valence-electron chi connectivity index (χ0n) is 15.2. The van der Waals surface area contributed by atoms with Gasteiger partial charge in [-0.05, 0) is 35.9 Å². The van der Waals surface area contributed by atoms with E-state index < -0.39 is 15.9 Å². The highest BCUT2D eigenvalue weighted by molar-refractivity contribution is 7.90. The Balaban J connectivity index is 1.57. The van der Waals surface area contributed by atoms with Gasteiger partial charge in [-0.25, -0.2) is 22.5 Å². The highest BCUT2D eigenvalue weighted by atomic mass is 35.5. The van der Waals surface area contributed by atoms with E-state index in [1.54, 1.807) is 30.3 Å². The fourth-order valence-corrected chi connectivity index (χ4v) is 5.20. The highest BCUT2D eigenvalue weighted by Gasteiger charge is 2.24. The van der Waals surface area contributed by atoms with Crippen LogP contribution in [0, 0.1) is 5.82 Å². The van der Waals surface area contributed by atoms with Gasteiger partial charge in [0, 0.05) is 23.0 Å². The molecular weight excluding hydrogens is 449 g/mol. The molecule has 0 fully saturated rings. The van der Waals surface area contributed by atoms with Gasteiger partial charge in [0.05, 0.1) is 16.7 Å². The lowest BCUT2D eigenvalue weighted by Crippen LogP contribution is -2.30. The van der Waals surface area contributed by atoms with E-state index in [2.05, 4.69) is 9.97 Å². The highest BCUT2D eigenvalue weighted by Crippen LogP contribution is 2.26. The Kier molecular flexibility index (Phi) is 5.50. The van der Waals surface area contributed by atoms with E-state index in [0.717, 1.165) is 16.9 Å². The summed E-state index contributed by atoms with van der Waals surface area (Å²) in [6.45, 7) is 0. The van der Waals surface area contributed by atoms with Crippen LogP contribution in [0.3, 0.4) is 0 Å². The van der Waals surface area contributed by atoms with Gasteiger partial charge in [-0.1, -0.05) is 29.8 Å². The van der Waals surface area contributed by atoms with Gasteiger partial charge >= 0.3 is 0 Å². The van der Waals surface area contributed by atoms with Crippen LogP contribution in [0.4, 0.5) is 4.39 Å². The number of carbonyl (C=O) groups is 1. The fraction of sp³-hybridized carbons (Fsp3) is 0.0500. The van der Waals surface area contributed by atoms with Crippen molar-refractivity contribution in [3.05, 3.63) is 87.2 Å². The third kappa shape index (κ3) is 4.33. The number of halogens is 2. The minimum Gasteiger partial charge on any atom is -0.267 e. The number of rotatable bonds is 5. The zero-order valence-corrected chi connectivity index (χ0v) is 17.6. The molecule has 2 aromatic heterocycles. The first-order valence-corrected chi connectivity index (χ1v) is 11.3. The SMILES string of the molecule is O=C(NS(=O)(=O)c1cc(Cl)cc2cccnc12)c1cnc(Cc2ccc(F)cc2)s1. The summed E-state index contributed by atoms with van der Waals surface area (Å²) in [4.78, 5) is 20.7. The van der Waals surface area contributed by atoms with E-state index in [-0.39, 0.29) is 26.1 Å². The monoisotopic (exact) mass is 461 g/mol. The van der Waals surface area contributed by atoms with Gasteiger partial charge in [0.15, 0.2) is 0 Å². The number of thiazole rings is 1. The molecule has 0 aliphatic heterocycles. The largest absolute Gasteiger partial charge is 0.276 e. The van der Waals surface area contributed by atoms with E-state index in [4.69, 9.17) is 11.6 Å². The van der Waals surface area contributed by atoms with Crippen LogP contribution in [0.15, 0.2) is 65.8 Å². The summed E-state index contributed by atoms with van der Waals surface area (Å²) in [7, 11) is -4.22. The van der Waals surface area contributed by atoms with Gasteiger partial charge in [-0.2, -0.15) is 0 Å². The number of amides is 1. The third-order valence-corrected chi connectivity index (χ3v) is 6.76. The molecule has 0 saturated carbocycles. The van der Waals surface area contributed by atoms with E-state index in [1.165, 1.54) is 30.6 Å². The van der Waals surface area contributed by atoms with Crippen LogP contribution < -0.4 is 4.72 Å². The first kappa shape index (κ1) is 20.4. The van der Waals surface area contributed by atoms with Crippen molar-refractivity contribution in [3.8, 4) is 0 Å². The Morgan fingerprint density at radius 1 is 1.13 bits per heavy atom. The van der Waals surface area contributed by atoms with Crippen LogP contribution in [0.5, 0.6) is 0 Å². The van der Waals surface area contributed by atoms with E-state index in [9.17, 15) is 17.6 Å². The lowest BCUT2D eigenvalue weighted by atomic mass is 10.2. The minimum atomic E-state index is -4.22. The quantitative estimate of drug-likeness (QED) is 0.481. The number of aromatic nitrogens is 2. The maximum Gasteiger partial charge on any atom is 0.276 e. The molecule has 0 radical (unpaired) electrons. The van der Waals surface area contributed by atoms with Crippen molar-refractivity contribution in [2.24, 2.45) is 0 Å². The molecule has 152 valence electrons. The second-order valence-corrected chi connectivity index (χ2v) is 9.54. The maximum atomic E-state index is 13.0. The molecule has 10 heteroatoms. The molecule has 0 atom stereocenters. The number of pyridine rings is 1. The summed E-state index contributed by atoms with van der Waals surface area (Å²) in [5, 5.41) is 1.35. The van der Waals surface area contributed by atoms with Crippen LogP contribution in [-0.4, -0.2) is 24.3 Å². The topological polar surface area (TPSA) is 89.0 Å². The van der Waals surface area contributed by atoms with Crippen LogP contribution in [-0.2, 0) is 16.4 Å². The van der Waals surface area contributed by atoms with Gasteiger partial charge in [-0.3, -0.25) is 9.78 Å². The molecule has 0 bridgehead atoms. The number of benzene rings is 2. The van der Waals surface area contributed by atoms with Crippen molar-refractivity contribution in [3.63, 3.8) is 0 Å². The third-order valence-electron chi connectivity index (χ3n) is 4.20. The average molecular weight is 462 g/mol. The number of carbonyl (C=O) groups excluding carboxylic acids is 1. The number of hydrogen-bond donors (Lipinski definition) is 1. The second kappa shape index (κ2) is 8.10. The van der Waals surface area contributed by atoms with Crippen molar-refractivity contribution in [1.82, 2.24) is 14.7 Å². The van der Waals surface area contributed by atoms with Crippen molar-refractivity contribution in [2.75, 3.05) is 0 Å². The Bertz CT molecular complexity index is 1360. The normalized spacial score (nSPS) is 11.5. The first-order chi connectivity index (χ1) is 14.3. The van der Waals surface area contributed by atoms with Crippen LogP contribution >= 0.6 is 22.9 Å². The first-order valence-electron chi connectivity index (χ1n) is 8.62. The number of fused-ring (bicyclic) bond motifs is 1. The van der Waals surface area contributed by atoms with Gasteiger partial charge in [0.25, 0.3) is 15.9 Å². The Labute approximate surface area is 180 Å². The summed E-state index contributed by atoms with van der Waals surface area (Å²) in [5.74, 6) is -1.15. The lowest BCUT2D eigenvalue weighted by Gasteiger charge is -2.09. The molecule has 0 unspecified atom stereocenters. The Morgan fingerprint density at radius 2 is 1.90 bits per heavy atom. The molecule has 30 heavy (non-hydrogen) atoms. The van der Waals surface area contributed by atoms with Crippen molar-refractivity contribution >= 4 is 49.8 Å². The molecule has 0 spiro atoms. The summed E-state index contributed by atoms with van der Waals surface area (Å²) in [6.07, 6.45) is 3.17. The summed E-state index contributed by atoms with van der Waals surface area (Å²) >= 11 is 7.10. The van der Waals surface area contributed by atoms with Crippen molar-refractivity contribution in [2.45, 2.75) is 11.3 Å². The van der Waals surface area contributed by atoms with Crippen LogP contribution in [0.2, 0.25) is 5.02 Å². The molecule has 6 nitrogen and oxygen atoms in total. The maximum absolute atomic E-state index is 13.0. The van der Waals surface area contributed by atoms with Gasteiger partial charge < -0.3 is 0 Å². The number of nitrogens with one attached hydrogen (secondary N) is 1. The molecular formula is C20H13ClFN3O3S2. The predicted molar refractivity (Wildman–Crippen MR) is 113 cm³/mol. The number of hydrogen-bond acceptors (Lipinski definition) is 6. The summed E-state index contributed by atoms with van der Waals surface area (Å²) < 4.78 is 40.7. The van der Waals surface area contributed by atoms with Crippen LogP contribution in [0.25, 0.3) is 10.9 Å². The molecule has 0 saturated heterocycles. The van der Waals surface area contributed by atoms with E-state index >= 15 is 0 Å². The van der Waals surface area contributed by atoms with Gasteiger partial charge in [-0.15, -0.1) is 11.3 Å².